The van der Waals surface area contributed by atoms with E-state index in [0.717, 1.165) is 31.0 Å². The Kier molecular flexibility index (Phi) is 4.11. The van der Waals surface area contributed by atoms with Gasteiger partial charge in [0, 0.05) is 31.3 Å². The molecule has 1 aromatic carbocycles. The number of nitrogens with one attached hydrogen (secondary N) is 2. The molecular formula is C12H16N4O2. The molecule has 0 bridgehead atoms. The molecule has 2 rings (SSSR count). The van der Waals surface area contributed by atoms with Gasteiger partial charge in [-0.05, 0) is 12.8 Å². The second kappa shape index (κ2) is 6.00. The molecule has 0 fully saturated rings. The molecule has 0 spiro atoms. The van der Waals surface area contributed by atoms with Crippen LogP contribution in [-0.2, 0) is 6.42 Å². The van der Waals surface area contributed by atoms with Crippen molar-refractivity contribution in [2.75, 3.05) is 19.6 Å². The highest BCUT2D eigenvalue weighted by Crippen LogP contribution is 2.17. The van der Waals surface area contributed by atoms with Gasteiger partial charge in [-0.25, -0.2) is 0 Å². The molecule has 1 heterocycles. The predicted molar refractivity (Wildman–Crippen MR) is 69.7 cm³/mol. The zero-order valence-corrected chi connectivity index (χ0v) is 10.1. The second-order valence-electron chi connectivity index (χ2n) is 4.07. The summed E-state index contributed by atoms with van der Waals surface area (Å²) in [5.41, 5.74) is 0.921. The topological polar surface area (TPSA) is 79.6 Å². The Bertz CT molecular complexity index is 459. The third-order valence-corrected chi connectivity index (χ3v) is 2.77. The monoisotopic (exact) mass is 248 g/mol. The van der Waals surface area contributed by atoms with Crippen LogP contribution in [0.15, 0.2) is 29.3 Å². The number of nitrogens with zero attached hydrogens (tertiary/aromatic N) is 2. The fraction of sp³-hybridized carbons (Fsp3) is 0.417. The molecule has 0 radical (unpaired) electrons. The van der Waals surface area contributed by atoms with Crippen molar-refractivity contribution in [3.05, 3.63) is 39.9 Å². The molecule has 0 atom stereocenters. The van der Waals surface area contributed by atoms with Crippen LogP contribution in [0.5, 0.6) is 0 Å². The van der Waals surface area contributed by atoms with Gasteiger partial charge in [-0.3, -0.25) is 15.1 Å². The van der Waals surface area contributed by atoms with Crippen LogP contribution in [0.4, 0.5) is 5.69 Å². The van der Waals surface area contributed by atoms with E-state index in [1.165, 1.54) is 6.07 Å². The van der Waals surface area contributed by atoms with Crippen molar-refractivity contribution >= 4 is 11.6 Å². The van der Waals surface area contributed by atoms with E-state index in [-0.39, 0.29) is 10.6 Å². The Morgan fingerprint density at radius 3 is 3.00 bits per heavy atom. The number of nitro groups is 1. The van der Waals surface area contributed by atoms with Crippen LogP contribution in [0.25, 0.3) is 0 Å². The molecule has 6 nitrogen and oxygen atoms in total. The summed E-state index contributed by atoms with van der Waals surface area (Å²) in [6.45, 7) is 2.40. The molecule has 1 aliphatic heterocycles. The quantitative estimate of drug-likeness (QED) is 0.617. The van der Waals surface area contributed by atoms with E-state index in [9.17, 15) is 10.1 Å². The van der Waals surface area contributed by atoms with Crippen molar-refractivity contribution in [2.24, 2.45) is 4.99 Å². The number of guanidine groups is 1. The van der Waals surface area contributed by atoms with Gasteiger partial charge in [-0.15, -0.1) is 0 Å². The Balaban J connectivity index is 1.90. The maximum atomic E-state index is 10.8. The average Bonchev–Trinajstić information content (AvgIpc) is 2.40. The first-order chi connectivity index (χ1) is 8.77. The average molecular weight is 248 g/mol. The molecule has 0 aliphatic carbocycles. The number of para-hydroxylation sites is 1. The van der Waals surface area contributed by atoms with Gasteiger partial charge in [-0.2, -0.15) is 0 Å². The molecular weight excluding hydrogens is 232 g/mol. The summed E-state index contributed by atoms with van der Waals surface area (Å²) in [7, 11) is 0. The molecule has 0 saturated heterocycles. The number of hydrogen-bond acceptors (Lipinski definition) is 5. The van der Waals surface area contributed by atoms with E-state index >= 15 is 0 Å². The lowest BCUT2D eigenvalue weighted by Crippen LogP contribution is -2.41. The zero-order valence-electron chi connectivity index (χ0n) is 10.1. The van der Waals surface area contributed by atoms with E-state index in [0.29, 0.717) is 13.0 Å². The van der Waals surface area contributed by atoms with E-state index < -0.39 is 0 Å². The number of hydrogen-bond donors (Lipinski definition) is 2. The van der Waals surface area contributed by atoms with E-state index in [1.54, 1.807) is 12.1 Å². The highest BCUT2D eigenvalue weighted by molar-refractivity contribution is 5.80. The fourth-order valence-corrected chi connectivity index (χ4v) is 1.87. The van der Waals surface area contributed by atoms with Gasteiger partial charge in [-0.1, -0.05) is 18.2 Å². The van der Waals surface area contributed by atoms with Crippen LogP contribution < -0.4 is 10.6 Å². The fourth-order valence-electron chi connectivity index (χ4n) is 1.87. The van der Waals surface area contributed by atoms with Gasteiger partial charge in [0.15, 0.2) is 5.96 Å². The summed E-state index contributed by atoms with van der Waals surface area (Å²) < 4.78 is 0. The molecule has 1 aliphatic rings. The van der Waals surface area contributed by atoms with Crippen LogP contribution in [-0.4, -0.2) is 30.5 Å². The molecule has 0 saturated carbocycles. The molecule has 0 unspecified atom stereocenters. The lowest BCUT2D eigenvalue weighted by atomic mass is 10.1. The van der Waals surface area contributed by atoms with Crippen LogP contribution >= 0.6 is 0 Å². The van der Waals surface area contributed by atoms with Gasteiger partial charge >= 0.3 is 0 Å². The van der Waals surface area contributed by atoms with Crippen LogP contribution in [0, 0.1) is 10.1 Å². The summed E-state index contributed by atoms with van der Waals surface area (Å²) in [5.74, 6) is 0.792. The lowest BCUT2D eigenvalue weighted by molar-refractivity contribution is -0.385. The van der Waals surface area contributed by atoms with E-state index in [1.807, 2.05) is 6.07 Å². The maximum absolute atomic E-state index is 10.8. The normalized spacial score (nSPS) is 14.6. The third-order valence-electron chi connectivity index (χ3n) is 2.77. The van der Waals surface area contributed by atoms with E-state index in [2.05, 4.69) is 15.6 Å². The standard InChI is InChI=1S/C12H16N4O2/c17-16(18)11-5-2-1-4-10(11)6-9-15-12-13-7-3-8-14-12/h1-2,4-5H,3,6-9H2,(H2,13,14,15). The SMILES string of the molecule is O=[N+]([O-])c1ccccc1CCNC1=NCCCN1. The summed E-state index contributed by atoms with van der Waals surface area (Å²) in [5, 5.41) is 17.1. The minimum absolute atomic E-state index is 0.179. The molecule has 2 N–H and O–H groups in total. The lowest BCUT2D eigenvalue weighted by Gasteiger charge is -2.15. The summed E-state index contributed by atoms with van der Waals surface area (Å²) >= 11 is 0. The molecule has 18 heavy (non-hydrogen) atoms. The highest BCUT2D eigenvalue weighted by atomic mass is 16.6. The van der Waals surface area contributed by atoms with Crippen molar-refractivity contribution in [3.8, 4) is 0 Å². The Labute approximate surface area is 105 Å². The first kappa shape index (κ1) is 12.3. The molecule has 96 valence electrons. The van der Waals surface area contributed by atoms with Gasteiger partial charge in [0.1, 0.15) is 0 Å². The van der Waals surface area contributed by atoms with Crippen LogP contribution in [0.1, 0.15) is 12.0 Å². The van der Waals surface area contributed by atoms with Crippen molar-refractivity contribution < 1.29 is 4.92 Å². The second-order valence-corrected chi connectivity index (χ2v) is 4.07. The van der Waals surface area contributed by atoms with Crippen LogP contribution in [0.3, 0.4) is 0 Å². The molecule has 0 aromatic heterocycles. The zero-order chi connectivity index (χ0) is 12.8. The smallest absolute Gasteiger partial charge is 0.272 e. The largest absolute Gasteiger partial charge is 0.356 e. The van der Waals surface area contributed by atoms with Gasteiger partial charge < -0.3 is 10.6 Å². The van der Waals surface area contributed by atoms with Gasteiger partial charge in [0.25, 0.3) is 5.69 Å². The van der Waals surface area contributed by atoms with Crippen molar-refractivity contribution in [1.82, 2.24) is 10.6 Å². The van der Waals surface area contributed by atoms with Crippen molar-refractivity contribution in [2.45, 2.75) is 12.8 Å². The minimum Gasteiger partial charge on any atom is -0.356 e. The Morgan fingerprint density at radius 2 is 2.28 bits per heavy atom. The minimum atomic E-state index is -0.342. The van der Waals surface area contributed by atoms with E-state index in [4.69, 9.17) is 0 Å². The molecule has 1 aromatic rings. The number of nitro benzene ring substituents is 1. The van der Waals surface area contributed by atoms with Crippen molar-refractivity contribution in [3.63, 3.8) is 0 Å². The predicted octanol–water partition coefficient (Wildman–Crippen LogP) is 1.08. The number of aliphatic imine (C=N–C) groups is 1. The number of rotatable bonds is 4. The Hall–Kier alpha value is -2.11. The first-order valence-corrected chi connectivity index (χ1v) is 6.02. The molecule has 6 heteroatoms. The van der Waals surface area contributed by atoms with Crippen LogP contribution in [0.2, 0.25) is 0 Å². The first-order valence-electron chi connectivity index (χ1n) is 6.02. The third kappa shape index (κ3) is 3.19. The Morgan fingerprint density at radius 1 is 1.44 bits per heavy atom. The maximum Gasteiger partial charge on any atom is 0.272 e. The summed E-state index contributed by atoms with van der Waals surface area (Å²) in [6, 6.07) is 6.82. The summed E-state index contributed by atoms with van der Waals surface area (Å²) in [6.07, 6.45) is 1.66. The van der Waals surface area contributed by atoms with Crippen molar-refractivity contribution in [1.29, 1.82) is 0 Å². The molecule has 0 amide bonds. The summed E-state index contributed by atoms with van der Waals surface area (Å²) in [4.78, 5) is 14.8. The number of benzene rings is 1. The van der Waals surface area contributed by atoms with Gasteiger partial charge in [0.2, 0.25) is 0 Å². The highest BCUT2D eigenvalue weighted by Gasteiger charge is 2.11. The van der Waals surface area contributed by atoms with Gasteiger partial charge in [0.05, 0.1) is 4.92 Å².